The van der Waals surface area contributed by atoms with Crippen LogP contribution in [0, 0.1) is 0 Å². The van der Waals surface area contributed by atoms with Crippen LogP contribution in [0.25, 0.3) is 11.3 Å². The molecule has 3 rings (SSSR count). The third-order valence-corrected chi connectivity index (χ3v) is 3.72. The molecule has 1 aromatic heterocycles. The van der Waals surface area contributed by atoms with Crippen molar-refractivity contribution in [1.82, 2.24) is 15.3 Å². The van der Waals surface area contributed by atoms with Crippen LogP contribution in [0.15, 0.2) is 18.2 Å². The first kappa shape index (κ1) is 13.2. The number of fused-ring (bicyclic) bond motifs is 3. The Hall–Kier alpha value is -1.81. The summed E-state index contributed by atoms with van der Waals surface area (Å²) in [4.78, 5) is 8.22. The highest BCUT2D eigenvalue weighted by Crippen LogP contribution is 2.34. The van der Waals surface area contributed by atoms with Crippen LogP contribution in [-0.4, -0.2) is 23.1 Å². The first-order valence-corrected chi connectivity index (χ1v) is 7.16. The summed E-state index contributed by atoms with van der Waals surface area (Å²) in [6.07, 6.45) is 2.09. The van der Waals surface area contributed by atoms with Crippen LogP contribution in [0.2, 0.25) is 0 Å². The number of nitrogens with zero attached hydrogens (tertiary/aromatic N) is 1. The zero-order chi connectivity index (χ0) is 14.1. The molecule has 0 aliphatic heterocycles. The fourth-order valence-electron chi connectivity index (χ4n) is 2.63. The molecule has 2 aromatic rings. The Bertz CT molecular complexity index is 616. The number of benzene rings is 1. The summed E-state index contributed by atoms with van der Waals surface area (Å²) < 4.78 is 5.33. The second-order valence-electron chi connectivity index (χ2n) is 5.57. The molecule has 20 heavy (non-hydrogen) atoms. The van der Waals surface area contributed by atoms with Gasteiger partial charge in [0.25, 0.3) is 0 Å². The van der Waals surface area contributed by atoms with E-state index < -0.39 is 0 Å². The highest BCUT2D eigenvalue weighted by atomic mass is 16.5. The third-order valence-electron chi connectivity index (χ3n) is 3.72. The Kier molecular flexibility index (Phi) is 3.49. The minimum absolute atomic E-state index is 0.463. The van der Waals surface area contributed by atoms with E-state index in [9.17, 15) is 0 Å². The molecular weight excluding hydrogens is 250 g/mol. The van der Waals surface area contributed by atoms with Crippen molar-refractivity contribution in [2.45, 2.75) is 39.3 Å². The summed E-state index contributed by atoms with van der Waals surface area (Å²) in [5, 5.41) is 3.40. The topological polar surface area (TPSA) is 49.9 Å². The molecule has 1 aliphatic rings. The predicted octanol–water partition coefficient (Wildman–Crippen LogP) is 2.68. The minimum atomic E-state index is 0.463. The highest BCUT2D eigenvalue weighted by Gasteiger charge is 2.20. The number of nitrogens with one attached hydrogen (secondary N) is 2. The zero-order valence-corrected chi connectivity index (χ0v) is 12.3. The van der Waals surface area contributed by atoms with Crippen LogP contribution < -0.4 is 10.1 Å². The summed E-state index contributed by atoms with van der Waals surface area (Å²) in [5.74, 6) is 1.90. The van der Waals surface area contributed by atoms with Gasteiger partial charge in [-0.05, 0) is 30.5 Å². The van der Waals surface area contributed by atoms with Crippen molar-refractivity contribution in [2.24, 2.45) is 0 Å². The molecule has 4 heteroatoms. The maximum Gasteiger partial charge on any atom is 0.121 e. The molecule has 0 radical (unpaired) electrons. The molecule has 0 bridgehead atoms. The van der Waals surface area contributed by atoms with Gasteiger partial charge in [0.15, 0.2) is 0 Å². The van der Waals surface area contributed by atoms with Gasteiger partial charge in [-0.15, -0.1) is 0 Å². The van der Waals surface area contributed by atoms with Gasteiger partial charge < -0.3 is 15.0 Å². The number of hydrogen-bond donors (Lipinski definition) is 2. The van der Waals surface area contributed by atoms with Gasteiger partial charge in [-0.25, -0.2) is 4.98 Å². The van der Waals surface area contributed by atoms with Crippen LogP contribution in [0.5, 0.6) is 5.75 Å². The zero-order valence-electron chi connectivity index (χ0n) is 12.3. The lowest BCUT2D eigenvalue weighted by molar-refractivity contribution is 0.415. The quantitative estimate of drug-likeness (QED) is 0.899. The fraction of sp³-hybridized carbons (Fsp3) is 0.438. The number of rotatable bonds is 4. The van der Waals surface area contributed by atoms with Crippen LogP contribution >= 0.6 is 0 Å². The summed E-state index contributed by atoms with van der Waals surface area (Å²) in [7, 11) is 1.70. The molecule has 0 saturated heterocycles. The van der Waals surface area contributed by atoms with Gasteiger partial charge in [-0.2, -0.15) is 0 Å². The van der Waals surface area contributed by atoms with Crippen LogP contribution in [0.3, 0.4) is 0 Å². The number of aromatic amines is 1. The van der Waals surface area contributed by atoms with Crippen molar-refractivity contribution < 1.29 is 4.74 Å². The average molecular weight is 271 g/mol. The summed E-state index contributed by atoms with van der Waals surface area (Å²) in [6.45, 7) is 5.07. The van der Waals surface area contributed by atoms with E-state index in [1.807, 2.05) is 6.07 Å². The van der Waals surface area contributed by atoms with Gasteiger partial charge in [-0.1, -0.05) is 19.9 Å². The van der Waals surface area contributed by atoms with E-state index >= 15 is 0 Å². The number of aryl methyl sites for hydroxylation is 2. The largest absolute Gasteiger partial charge is 0.497 e. The molecule has 0 unspecified atom stereocenters. The molecular formula is C16H21N3O. The van der Waals surface area contributed by atoms with E-state index in [2.05, 4.69) is 36.3 Å². The summed E-state index contributed by atoms with van der Waals surface area (Å²) >= 11 is 0. The lowest BCUT2D eigenvalue weighted by atomic mass is 9.92. The van der Waals surface area contributed by atoms with Gasteiger partial charge in [0.2, 0.25) is 0 Å². The maximum atomic E-state index is 5.33. The molecule has 1 aromatic carbocycles. The van der Waals surface area contributed by atoms with Crippen molar-refractivity contribution in [3.8, 4) is 17.0 Å². The first-order valence-electron chi connectivity index (χ1n) is 7.16. The van der Waals surface area contributed by atoms with Gasteiger partial charge in [0.05, 0.1) is 19.3 Å². The van der Waals surface area contributed by atoms with Gasteiger partial charge in [-0.3, -0.25) is 0 Å². The number of methoxy groups -OCH3 is 1. The van der Waals surface area contributed by atoms with Crippen LogP contribution in [0.1, 0.15) is 30.9 Å². The van der Waals surface area contributed by atoms with E-state index in [-0.39, 0.29) is 0 Å². The van der Waals surface area contributed by atoms with Crippen LogP contribution in [0.4, 0.5) is 0 Å². The lowest BCUT2D eigenvalue weighted by Crippen LogP contribution is -2.22. The van der Waals surface area contributed by atoms with Gasteiger partial charge in [0, 0.05) is 17.3 Å². The SMILES string of the molecule is COc1ccc2c(c1)-c1nc(CNC(C)C)[nH]c1CC2. The molecule has 0 saturated carbocycles. The molecule has 0 fully saturated rings. The van der Waals surface area contributed by atoms with Crippen molar-refractivity contribution >= 4 is 0 Å². The second kappa shape index (κ2) is 5.29. The fourth-order valence-corrected chi connectivity index (χ4v) is 2.63. The minimum Gasteiger partial charge on any atom is -0.497 e. The monoisotopic (exact) mass is 271 g/mol. The van der Waals surface area contributed by atoms with E-state index in [0.717, 1.165) is 36.7 Å². The maximum absolute atomic E-state index is 5.33. The number of imidazole rings is 1. The number of aromatic nitrogens is 2. The Labute approximate surface area is 119 Å². The highest BCUT2D eigenvalue weighted by molar-refractivity contribution is 5.70. The lowest BCUT2D eigenvalue weighted by Gasteiger charge is -2.15. The Morgan fingerprint density at radius 1 is 1.35 bits per heavy atom. The van der Waals surface area contributed by atoms with Gasteiger partial charge >= 0.3 is 0 Å². The van der Waals surface area contributed by atoms with E-state index in [1.165, 1.54) is 16.8 Å². The van der Waals surface area contributed by atoms with Crippen molar-refractivity contribution in [3.63, 3.8) is 0 Å². The van der Waals surface area contributed by atoms with Crippen molar-refractivity contribution in [1.29, 1.82) is 0 Å². The van der Waals surface area contributed by atoms with Crippen molar-refractivity contribution in [3.05, 3.63) is 35.3 Å². The number of hydrogen-bond acceptors (Lipinski definition) is 3. The average Bonchev–Trinajstić information content (AvgIpc) is 2.88. The van der Waals surface area contributed by atoms with E-state index in [4.69, 9.17) is 9.72 Å². The predicted molar refractivity (Wildman–Crippen MR) is 80.0 cm³/mol. The smallest absolute Gasteiger partial charge is 0.121 e. The Balaban J connectivity index is 1.94. The Morgan fingerprint density at radius 3 is 2.95 bits per heavy atom. The second-order valence-corrected chi connectivity index (χ2v) is 5.57. The summed E-state index contributed by atoms with van der Waals surface area (Å²) in [6, 6.07) is 6.73. The van der Waals surface area contributed by atoms with Crippen molar-refractivity contribution in [2.75, 3.05) is 7.11 Å². The summed E-state index contributed by atoms with van der Waals surface area (Å²) in [5.41, 5.74) is 4.89. The van der Waals surface area contributed by atoms with Crippen LogP contribution in [-0.2, 0) is 19.4 Å². The normalized spacial score (nSPS) is 13.2. The van der Waals surface area contributed by atoms with E-state index in [1.54, 1.807) is 7.11 Å². The molecule has 0 amide bonds. The molecule has 1 aliphatic carbocycles. The molecule has 106 valence electrons. The number of ether oxygens (including phenoxy) is 1. The molecule has 0 spiro atoms. The third kappa shape index (κ3) is 2.43. The molecule has 0 atom stereocenters. The standard InChI is InChI=1S/C16H21N3O/c1-10(2)17-9-15-18-14-7-5-11-4-6-12(20-3)8-13(11)16(14)19-15/h4,6,8,10,17H,5,7,9H2,1-3H3,(H,18,19). The Morgan fingerprint density at radius 2 is 2.20 bits per heavy atom. The van der Waals surface area contributed by atoms with Gasteiger partial charge in [0.1, 0.15) is 11.6 Å². The molecule has 1 heterocycles. The first-order chi connectivity index (χ1) is 9.67. The number of H-pyrrole nitrogens is 1. The molecule has 4 nitrogen and oxygen atoms in total. The van der Waals surface area contributed by atoms with E-state index in [0.29, 0.717) is 6.04 Å². The molecule has 2 N–H and O–H groups in total.